The van der Waals surface area contributed by atoms with Crippen LogP contribution in [0.3, 0.4) is 0 Å². The maximum atomic E-state index is 14.4. The van der Waals surface area contributed by atoms with Gasteiger partial charge in [0, 0.05) is 29.1 Å². The Bertz CT molecular complexity index is 1290. The van der Waals surface area contributed by atoms with Gasteiger partial charge in [-0.25, -0.2) is 4.39 Å². The fourth-order valence-corrected chi connectivity index (χ4v) is 5.52. The van der Waals surface area contributed by atoms with Crippen molar-refractivity contribution in [2.75, 3.05) is 12.4 Å². The average molecular weight is 465 g/mol. The monoisotopic (exact) mass is 464 g/mol. The highest BCUT2D eigenvalue weighted by Gasteiger charge is 2.61. The number of aryl methyl sites for hydroxylation is 1. The second-order valence-corrected chi connectivity index (χ2v) is 8.98. The molecule has 0 aromatic heterocycles. The zero-order chi connectivity index (χ0) is 23.3. The number of piperidine rings is 1. The quantitative estimate of drug-likeness (QED) is 0.571. The SMILES string of the molecule is COc1ccc2c(c1)NC(=O)[C@@]21[C@@H](c2cc(F)ccc2C)NC(=O)C[C@H]1c1cccc(Cl)c1. The van der Waals surface area contributed by atoms with Gasteiger partial charge in [0.1, 0.15) is 17.0 Å². The predicted molar refractivity (Wildman–Crippen MR) is 124 cm³/mol. The summed E-state index contributed by atoms with van der Waals surface area (Å²) in [5.41, 5.74) is 2.25. The van der Waals surface area contributed by atoms with Gasteiger partial charge in [0.15, 0.2) is 0 Å². The third kappa shape index (κ3) is 3.28. The van der Waals surface area contributed by atoms with Crippen LogP contribution >= 0.6 is 11.6 Å². The number of carbonyl (C=O) groups excluding carboxylic acids is 2. The summed E-state index contributed by atoms with van der Waals surface area (Å²) in [4.78, 5) is 26.9. The number of hydrogen-bond donors (Lipinski definition) is 2. The molecule has 1 saturated heterocycles. The van der Waals surface area contributed by atoms with Gasteiger partial charge in [-0.3, -0.25) is 9.59 Å². The highest BCUT2D eigenvalue weighted by atomic mass is 35.5. The molecule has 3 aromatic carbocycles. The van der Waals surface area contributed by atoms with Crippen LogP contribution in [-0.4, -0.2) is 18.9 Å². The molecule has 33 heavy (non-hydrogen) atoms. The Morgan fingerprint density at radius 2 is 1.91 bits per heavy atom. The molecule has 2 N–H and O–H groups in total. The van der Waals surface area contributed by atoms with E-state index < -0.39 is 23.2 Å². The number of amides is 2. The van der Waals surface area contributed by atoms with Crippen LogP contribution in [0.1, 0.15) is 40.6 Å². The van der Waals surface area contributed by atoms with Crippen molar-refractivity contribution in [1.29, 1.82) is 0 Å². The maximum absolute atomic E-state index is 14.4. The molecular formula is C26H22ClFN2O3. The van der Waals surface area contributed by atoms with Crippen LogP contribution in [0.15, 0.2) is 60.7 Å². The van der Waals surface area contributed by atoms with Crippen molar-refractivity contribution in [1.82, 2.24) is 5.32 Å². The summed E-state index contributed by atoms with van der Waals surface area (Å²) >= 11 is 6.30. The van der Waals surface area contributed by atoms with Crippen molar-refractivity contribution in [3.05, 3.63) is 93.8 Å². The van der Waals surface area contributed by atoms with Gasteiger partial charge in [-0.05, 0) is 59.5 Å². The number of benzene rings is 3. The van der Waals surface area contributed by atoms with E-state index in [-0.39, 0.29) is 18.2 Å². The fourth-order valence-electron chi connectivity index (χ4n) is 5.33. The van der Waals surface area contributed by atoms with Crippen molar-refractivity contribution in [3.63, 3.8) is 0 Å². The Hall–Kier alpha value is -3.38. The molecule has 5 nitrogen and oxygen atoms in total. The number of anilines is 1. The van der Waals surface area contributed by atoms with E-state index >= 15 is 0 Å². The van der Waals surface area contributed by atoms with Crippen molar-refractivity contribution >= 4 is 29.1 Å². The van der Waals surface area contributed by atoms with Gasteiger partial charge >= 0.3 is 0 Å². The summed E-state index contributed by atoms with van der Waals surface area (Å²) in [5, 5.41) is 6.53. The van der Waals surface area contributed by atoms with Crippen molar-refractivity contribution in [2.24, 2.45) is 0 Å². The minimum Gasteiger partial charge on any atom is -0.497 e. The number of ether oxygens (including phenoxy) is 1. The molecule has 1 spiro atoms. The standard InChI is InChI=1S/C26H22ClFN2O3/c1-14-6-7-17(28)11-19(14)24-26(20-9-8-18(33-2)12-22(20)29-25(26)32)21(13-23(31)30-24)15-4-3-5-16(27)10-15/h3-12,21,24H,13H2,1-2H3,(H,29,32)(H,30,31)/t21-,24+,26-/m0/s1. The minimum absolute atomic E-state index is 0.0874. The van der Waals surface area contributed by atoms with Crippen LogP contribution in [0.4, 0.5) is 10.1 Å². The summed E-state index contributed by atoms with van der Waals surface area (Å²) in [6.45, 7) is 1.85. The van der Waals surface area contributed by atoms with Crippen LogP contribution in [0.5, 0.6) is 5.75 Å². The van der Waals surface area contributed by atoms with Crippen LogP contribution in [0.2, 0.25) is 5.02 Å². The highest BCUT2D eigenvalue weighted by Crippen LogP contribution is 2.58. The summed E-state index contributed by atoms with van der Waals surface area (Å²) in [7, 11) is 1.56. The molecule has 0 bridgehead atoms. The molecule has 3 atom stereocenters. The van der Waals surface area contributed by atoms with Gasteiger partial charge in [0.05, 0.1) is 13.2 Å². The van der Waals surface area contributed by atoms with E-state index in [1.54, 1.807) is 37.4 Å². The van der Waals surface area contributed by atoms with Gasteiger partial charge in [0.2, 0.25) is 11.8 Å². The van der Waals surface area contributed by atoms with Crippen molar-refractivity contribution < 1.29 is 18.7 Å². The molecule has 2 aliphatic heterocycles. The summed E-state index contributed by atoms with van der Waals surface area (Å²) in [6, 6.07) is 16.3. The molecule has 168 valence electrons. The Morgan fingerprint density at radius 1 is 1.09 bits per heavy atom. The molecule has 5 rings (SSSR count). The number of fused-ring (bicyclic) bond motifs is 2. The Morgan fingerprint density at radius 3 is 2.67 bits per heavy atom. The maximum Gasteiger partial charge on any atom is 0.238 e. The molecule has 0 aliphatic carbocycles. The molecule has 3 aromatic rings. The summed E-state index contributed by atoms with van der Waals surface area (Å²) in [6.07, 6.45) is 0.0874. The van der Waals surface area contributed by atoms with E-state index in [2.05, 4.69) is 10.6 Å². The Kier molecular flexibility index (Phi) is 5.13. The minimum atomic E-state index is -1.21. The normalized spacial score (nSPS) is 23.8. The lowest BCUT2D eigenvalue weighted by Gasteiger charge is -2.46. The fraction of sp³-hybridized carbons (Fsp3) is 0.231. The van der Waals surface area contributed by atoms with Gasteiger partial charge in [-0.2, -0.15) is 0 Å². The molecule has 0 radical (unpaired) electrons. The Labute approximate surface area is 195 Å². The third-order valence-electron chi connectivity index (χ3n) is 6.80. The molecule has 1 fully saturated rings. The number of carbonyl (C=O) groups is 2. The average Bonchev–Trinajstić information content (AvgIpc) is 3.08. The lowest BCUT2D eigenvalue weighted by atomic mass is 9.59. The summed E-state index contributed by atoms with van der Waals surface area (Å²) < 4.78 is 19.7. The Balaban J connectivity index is 1.82. The van der Waals surface area contributed by atoms with Crippen molar-refractivity contribution in [2.45, 2.75) is 30.7 Å². The van der Waals surface area contributed by atoms with E-state index in [1.165, 1.54) is 12.1 Å². The number of nitrogens with one attached hydrogen (secondary N) is 2. The number of hydrogen-bond acceptors (Lipinski definition) is 3. The van der Waals surface area contributed by atoms with Crippen LogP contribution in [-0.2, 0) is 15.0 Å². The number of halogens is 2. The number of rotatable bonds is 3. The first kappa shape index (κ1) is 21.5. The van der Waals surface area contributed by atoms with Gasteiger partial charge in [-0.1, -0.05) is 35.9 Å². The first-order valence-electron chi connectivity index (χ1n) is 10.7. The highest BCUT2D eigenvalue weighted by molar-refractivity contribution is 6.30. The topological polar surface area (TPSA) is 67.4 Å². The molecular weight excluding hydrogens is 443 g/mol. The molecule has 2 amide bonds. The smallest absolute Gasteiger partial charge is 0.238 e. The second kappa shape index (κ2) is 7.89. The molecule has 2 aliphatic rings. The van der Waals surface area contributed by atoms with Crippen LogP contribution < -0.4 is 15.4 Å². The van der Waals surface area contributed by atoms with Crippen LogP contribution in [0.25, 0.3) is 0 Å². The first-order chi connectivity index (χ1) is 15.8. The van der Waals surface area contributed by atoms with E-state index in [0.29, 0.717) is 22.0 Å². The lowest BCUT2D eigenvalue weighted by Crippen LogP contribution is -2.57. The zero-order valence-corrected chi connectivity index (χ0v) is 18.9. The third-order valence-corrected chi connectivity index (χ3v) is 7.03. The second-order valence-electron chi connectivity index (χ2n) is 8.55. The summed E-state index contributed by atoms with van der Waals surface area (Å²) in [5.74, 6) is -0.826. The number of methoxy groups -OCH3 is 1. The van der Waals surface area contributed by atoms with Gasteiger partial charge in [0.25, 0.3) is 0 Å². The molecule has 0 unspecified atom stereocenters. The van der Waals surface area contributed by atoms with Gasteiger partial charge < -0.3 is 15.4 Å². The molecule has 7 heteroatoms. The molecule has 0 saturated carbocycles. The van der Waals surface area contributed by atoms with E-state index in [9.17, 15) is 14.0 Å². The molecule has 2 heterocycles. The van der Waals surface area contributed by atoms with E-state index in [4.69, 9.17) is 16.3 Å². The lowest BCUT2D eigenvalue weighted by molar-refractivity contribution is -0.131. The van der Waals surface area contributed by atoms with E-state index in [0.717, 1.165) is 16.7 Å². The largest absolute Gasteiger partial charge is 0.497 e. The van der Waals surface area contributed by atoms with Crippen molar-refractivity contribution in [3.8, 4) is 5.75 Å². The van der Waals surface area contributed by atoms with Crippen LogP contribution in [0, 0.1) is 12.7 Å². The van der Waals surface area contributed by atoms with E-state index in [1.807, 2.05) is 25.1 Å². The van der Waals surface area contributed by atoms with Gasteiger partial charge in [-0.15, -0.1) is 0 Å². The zero-order valence-electron chi connectivity index (χ0n) is 18.1. The first-order valence-corrected chi connectivity index (χ1v) is 11.0. The predicted octanol–water partition coefficient (Wildman–Crippen LogP) is 5.03.